The van der Waals surface area contributed by atoms with Gasteiger partial charge in [0.25, 0.3) is 5.91 Å². The topological polar surface area (TPSA) is 105 Å². The Labute approximate surface area is 126 Å². The van der Waals surface area contributed by atoms with Crippen LogP contribution in [0.2, 0.25) is 5.02 Å². The van der Waals surface area contributed by atoms with Gasteiger partial charge in [0, 0.05) is 6.04 Å². The fourth-order valence-electron chi connectivity index (χ4n) is 1.37. The summed E-state index contributed by atoms with van der Waals surface area (Å²) in [7, 11) is 0. The molecule has 0 aromatic heterocycles. The summed E-state index contributed by atoms with van der Waals surface area (Å²) in [6.07, 6.45) is 0. The van der Waals surface area contributed by atoms with E-state index >= 15 is 0 Å². The van der Waals surface area contributed by atoms with E-state index in [1.54, 1.807) is 13.8 Å². The lowest BCUT2D eigenvalue weighted by molar-refractivity contribution is -0.122. The van der Waals surface area contributed by atoms with E-state index in [0.717, 1.165) is 0 Å². The van der Waals surface area contributed by atoms with Crippen LogP contribution in [0.5, 0.6) is 5.75 Å². The number of benzene rings is 1. The first-order valence-corrected chi connectivity index (χ1v) is 6.43. The Morgan fingerprint density at radius 2 is 2.00 bits per heavy atom. The van der Waals surface area contributed by atoms with E-state index in [1.807, 2.05) is 0 Å². The highest BCUT2D eigenvalue weighted by molar-refractivity contribution is 6.33. The van der Waals surface area contributed by atoms with Crippen molar-refractivity contribution in [3.8, 4) is 5.75 Å². The summed E-state index contributed by atoms with van der Waals surface area (Å²) in [5, 5.41) is 13.5. The Bertz CT molecular complexity index is 559. The molecule has 0 aliphatic rings. The molecule has 0 saturated heterocycles. The van der Waals surface area contributed by atoms with Crippen LogP contribution in [-0.4, -0.2) is 35.7 Å². The van der Waals surface area contributed by atoms with Crippen LogP contribution in [0.3, 0.4) is 0 Å². The molecule has 7 nitrogen and oxygen atoms in total. The first-order valence-electron chi connectivity index (χ1n) is 6.05. The minimum Gasteiger partial charge on any atom is -0.484 e. The van der Waals surface area contributed by atoms with Gasteiger partial charge < -0.3 is 15.2 Å². The summed E-state index contributed by atoms with van der Waals surface area (Å²) in [5.41, 5.74) is -0.132. The van der Waals surface area contributed by atoms with E-state index in [0.29, 0.717) is 0 Å². The smallest absolute Gasteiger partial charge is 0.337 e. The van der Waals surface area contributed by atoms with Crippen molar-refractivity contribution in [1.29, 1.82) is 0 Å². The molecule has 0 heterocycles. The number of urea groups is 1. The lowest BCUT2D eigenvalue weighted by Crippen LogP contribution is -2.44. The fraction of sp³-hybridized carbons (Fsp3) is 0.308. The molecule has 0 aliphatic carbocycles. The number of hydrogen-bond acceptors (Lipinski definition) is 4. The van der Waals surface area contributed by atoms with E-state index < -0.39 is 24.5 Å². The zero-order valence-electron chi connectivity index (χ0n) is 11.5. The van der Waals surface area contributed by atoms with Crippen LogP contribution in [0.25, 0.3) is 0 Å². The van der Waals surface area contributed by atoms with E-state index in [2.05, 4.69) is 10.6 Å². The van der Waals surface area contributed by atoms with Gasteiger partial charge in [-0.2, -0.15) is 0 Å². The summed E-state index contributed by atoms with van der Waals surface area (Å²) in [5.74, 6) is -1.69. The van der Waals surface area contributed by atoms with Crippen LogP contribution in [0.1, 0.15) is 24.2 Å². The van der Waals surface area contributed by atoms with Crippen LogP contribution < -0.4 is 15.4 Å². The van der Waals surface area contributed by atoms with E-state index in [9.17, 15) is 14.4 Å². The number of halogens is 1. The molecule has 0 spiro atoms. The largest absolute Gasteiger partial charge is 0.484 e. The second-order valence-electron chi connectivity index (χ2n) is 4.41. The van der Waals surface area contributed by atoms with Gasteiger partial charge >= 0.3 is 12.0 Å². The molecular weight excluding hydrogens is 300 g/mol. The number of carboxylic acid groups (broad SMARTS) is 1. The first kappa shape index (κ1) is 16.8. The number of ether oxygens (including phenoxy) is 1. The minimum atomic E-state index is -1.20. The second kappa shape index (κ2) is 7.49. The third-order valence-corrected chi connectivity index (χ3v) is 2.54. The molecule has 1 rings (SSSR count). The van der Waals surface area contributed by atoms with Crippen molar-refractivity contribution in [2.45, 2.75) is 19.9 Å². The third kappa shape index (κ3) is 5.70. The highest BCUT2D eigenvalue weighted by Gasteiger charge is 2.12. The molecule has 0 radical (unpaired) electrons. The molecule has 21 heavy (non-hydrogen) atoms. The van der Waals surface area contributed by atoms with Crippen molar-refractivity contribution >= 4 is 29.5 Å². The van der Waals surface area contributed by atoms with Crippen molar-refractivity contribution in [3.63, 3.8) is 0 Å². The highest BCUT2D eigenvalue weighted by Crippen LogP contribution is 2.22. The number of hydrogen-bond donors (Lipinski definition) is 3. The molecule has 3 N–H and O–H groups in total. The molecule has 1 aromatic rings. The molecule has 0 atom stereocenters. The van der Waals surface area contributed by atoms with Gasteiger partial charge in [0.15, 0.2) is 6.61 Å². The van der Waals surface area contributed by atoms with Gasteiger partial charge in [-0.15, -0.1) is 0 Å². The maximum absolute atomic E-state index is 11.5. The number of amides is 3. The third-order valence-electron chi connectivity index (χ3n) is 2.21. The van der Waals surface area contributed by atoms with Crippen molar-refractivity contribution in [2.75, 3.05) is 6.61 Å². The molecular formula is C13H15ClN2O5. The number of rotatable bonds is 5. The quantitative estimate of drug-likeness (QED) is 0.766. The van der Waals surface area contributed by atoms with E-state index in [4.69, 9.17) is 21.4 Å². The van der Waals surface area contributed by atoms with Gasteiger partial charge in [0.1, 0.15) is 5.75 Å². The van der Waals surface area contributed by atoms with Crippen molar-refractivity contribution in [1.82, 2.24) is 10.6 Å². The minimum absolute atomic E-state index is 0.0654. The van der Waals surface area contributed by atoms with E-state index in [-0.39, 0.29) is 22.4 Å². The van der Waals surface area contributed by atoms with Crippen LogP contribution in [0, 0.1) is 0 Å². The zero-order chi connectivity index (χ0) is 16.0. The maximum atomic E-state index is 11.5. The Hall–Kier alpha value is -2.28. The summed E-state index contributed by atoms with van der Waals surface area (Å²) in [6, 6.07) is 3.25. The fourth-order valence-corrected chi connectivity index (χ4v) is 1.57. The number of carboxylic acids is 1. The summed E-state index contributed by atoms with van der Waals surface area (Å²) in [6.45, 7) is 3.08. The molecule has 0 fully saturated rings. The van der Waals surface area contributed by atoms with Gasteiger partial charge in [-0.25, -0.2) is 9.59 Å². The standard InChI is InChI=1S/C13H15ClN2O5/c1-7(2)15-13(20)16-11(17)6-21-8-3-4-10(14)9(5-8)12(18)19/h3-5,7H,6H2,1-2H3,(H,18,19)(H2,15,16,17,20). The molecule has 1 aromatic carbocycles. The lowest BCUT2D eigenvalue weighted by Gasteiger charge is -2.10. The Morgan fingerprint density at radius 1 is 1.33 bits per heavy atom. The summed E-state index contributed by atoms with van der Waals surface area (Å²) < 4.78 is 5.11. The van der Waals surface area contributed by atoms with Crippen molar-refractivity contribution < 1.29 is 24.2 Å². The maximum Gasteiger partial charge on any atom is 0.337 e. The number of nitrogens with one attached hydrogen (secondary N) is 2. The zero-order valence-corrected chi connectivity index (χ0v) is 12.2. The average Bonchev–Trinajstić information content (AvgIpc) is 2.36. The number of carbonyl (C=O) groups excluding carboxylic acids is 2. The van der Waals surface area contributed by atoms with Gasteiger partial charge in [-0.05, 0) is 32.0 Å². The van der Waals surface area contributed by atoms with Crippen LogP contribution >= 0.6 is 11.6 Å². The van der Waals surface area contributed by atoms with Crippen LogP contribution in [0.4, 0.5) is 4.79 Å². The molecule has 8 heteroatoms. The van der Waals surface area contributed by atoms with Crippen LogP contribution in [-0.2, 0) is 4.79 Å². The van der Waals surface area contributed by atoms with E-state index in [1.165, 1.54) is 18.2 Å². The average molecular weight is 315 g/mol. The highest BCUT2D eigenvalue weighted by atomic mass is 35.5. The van der Waals surface area contributed by atoms with Crippen LogP contribution in [0.15, 0.2) is 18.2 Å². The SMILES string of the molecule is CC(C)NC(=O)NC(=O)COc1ccc(Cl)c(C(=O)O)c1. The molecule has 0 bridgehead atoms. The molecule has 0 saturated carbocycles. The van der Waals surface area contributed by atoms with Gasteiger partial charge in [-0.1, -0.05) is 11.6 Å². The Morgan fingerprint density at radius 3 is 2.57 bits per heavy atom. The predicted molar refractivity (Wildman–Crippen MR) is 75.7 cm³/mol. The number of carbonyl (C=O) groups is 3. The summed E-state index contributed by atoms with van der Waals surface area (Å²) in [4.78, 5) is 33.6. The van der Waals surface area contributed by atoms with Gasteiger partial charge in [0.2, 0.25) is 0 Å². The van der Waals surface area contributed by atoms with Crippen molar-refractivity contribution in [3.05, 3.63) is 28.8 Å². The summed E-state index contributed by atoms with van der Waals surface area (Å²) >= 11 is 5.70. The Balaban J connectivity index is 2.55. The second-order valence-corrected chi connectivity index (χ2v) is 4.82. The lowest BCUT2D eigenvalue weighted by atomic mass is 10.2. The molecule has 0 aliphatic heterocycles. The van der Waals surface area contributed by atoms with Crippen molar-refractivity contribution in [2.24, 2.45) is 0 Å². The monoisotopic (exact) mass is 314 g/mol. The predicted octanol–water partition coefficient (Wildman–Crippen LogP) is 1.65. The molecule has 3 amide bonds. The first-order chi connectivity index (χ1) is 9.79. The Kier molecular flexibility index (Phi) is 5.98. The number of aromatic carboxylic acids is 1. The molecule has 114 valence electrons. The number of imide groups is 1. The van der Waals surface area contributed by atoms with Gasteiger partial charge in [0.05, 0.1) is 10.6 Å². The van der Waals surface area contributed by atoms with Gasteiger partial charge in [-0.3, -0.25) is 10.1 Å². The normalized spacial score (nSPS) is 10.1. The molecule has 0 unspecified atom stereocenters.